The lowest BCUT2D eigenvalue weighted by Gasteiger charge is -2.14. The third-order valence-corrected chi connectivity index (χ3v) is 8.35. The van der Waals surface area contributed by atoms with Crippen molar-refractivity contribution in [3.8, 4) is 11.6 Å². The topological polar surface area (TPSA) is 63.9 Å². The fraction of sp³-hybridized carbons (Fsp3) is 0.419. The smallest absolute Gasteiger partial charge is 0.269 e. The lowest BCUT2D eigenvalue weighted by Crippen LogP contribution is -2.29. The Morgan fingerprint density at radius 1 is 0.975 bits per heavy atom. The third kappa shape index (κ3) is 7.37. The number of thioether (sulfide) groups is 1. The molecule has 1 saturated heterocycles. The largest absolute Gasteiger partial charge is 0.435 e. The number of rotatable bonds is 14. The second kappa shape index (κ2) is 14.6. The summed E-state index contributed by atoms with van der Waals surface area (Å²) in [4.78, 5) is 33.3. The van der Waals surface area contributed by atoms with E-state index in [1.807, 2.05) is 13.0 Å². The molecule has 2 aromatic heterocycles. The lowest BCUT2D eigenvalue weighted by atomic mass is 10.1. The van der Waals surface area contributed by atoms with E-state index in [1.165, 1.54) is 67.6 Å². The molecule has 1 aliphatic heterocycles. The molecule has 1 fully saturated rings. The Morgan fingerprint density at radius 2 is 1.65 bits per heavy atom. The van der Waals surface area contributed by atoms with Crippen molar-refractivity contribution >= 4 is 45.9 Å². The Kier molecular flexibility index (Phi) is 10.9. The van der Waals surface area contributed by atoms with Crippen LogP contribution >= 0.6 is 24.0 Å². The zero-order chi connectivity index (χ0) is 28.5. The first-order chi connectivity index (χ1) is 19.4. The predicted molar refractivity (Wildman–Crippen MR) is 164 cm³/mol. The zero-order valence-electron chi connectivity index (χ0n) is 23.2. The minimum Gasteiger partial charge on any atom is -0.435 e. The van der Waals surface area contributed by atoms with Gasteiger partial charge >= 0.3 is 0 Å². The fourth-order valence-corrected chi connectivity index (χ4v) is 6.00. The number of aryl methyl sites for hydroxylation is 1. The van der Waals surface area contributed by atoms with Crippen molar-refractivity contribution in [2.75, 3.05) is 6.54 Å². The summed E-state index contributed by atoms with van der Waals surface area (Å²) in [6.07, 6.45) is 15.2. The van der Waals surface area contributed by atoms with Gasteiger partial charge < -0.3 is 4.74 Å². The average Bonchev–Trinajstić information content (AvgIpc) is 3.21. The predicted octanol–water partition coefficient (Wildman–Crippen LogP) is 8.06. The number of unbranched alkanes of at least 4 members (excludes halogenated alkanes) is 9. The molecule has 1 aromatic carbocycles. The van der Waals surface area contributed by atoms with Gasteiger partial charge in [0.05, 0.1) is 4.91 Å². The number of hydrogen-bond donors (Lipinski definition) is 0. The van der Waals surface area contributed by atoms with Crippen molar-refractivity contribution in [2.45, 2.75) is 78.1 Å². The highest BCUT2D eigenvalue weighted by molar-refractivity contribution is 8.26. The Bertz CT molecular complexity index is 1450. The van der Waals surface area contributed by atoms with Crippen LogP contribution in [-0.4, -0.2) is 31.1 Å². The molecule has 0 N–H and O–H groups in total. The number of carbonyl (C=O) groups excluding carboxylic acids is 1. The minimum atomic E-state index is -0.581. The summed E-state index contributed by atoms with van der Waals surface area (Å²) in [5.41, 5.74) is 0.794. The second-order valence-corrected chi connectivity index (χ2v) is 11.7. The number of thiocarbonyl (C=S) groups is 1. The summed E-state index contributed by atoms with van der Waals surface area (Å²) in [6, 6.07) is 9.50. The first-order valence-corrected chi connectivity index (χ1v) is 15.3. The van der Waals surface area contributed by atoms with E-state index in [0.717, 1.165) is 36.6 Å². The van der Waals surface area contributed by atoms with Gasteiger partial charge in [-0.2, -0.15) is 4.98 Å². The van der Waals surface area contributed by atoms with Gasteiger partial charge in [-0.15, -0.1) is 0 Å². The van der Waals surface area contributed by atoms with E-state index in [4.69, 9.17) is 17.0 Å². The van der Waals surface area contributed by atoms with Gasteiger partial charge in [-0.25, -0.2) is 4.39 Å². The number of carbonyl (C=O) groups is 1. The summed E-state index contributed by atoms with van der Waals surface area (Å²) < 4.78 is 22.1. The van der Waals surface area contributed by atoms with Crippen LogP contribution in [0.25, 0.3) is 11.7 Å². The van der Waals surface area contributed by atoms with Gasteiger partial charge in [0, 0.05) is 12.7 Å². The molecule has 0 unspecified atom stereocenters. The summed E-state index contributed by atoms with van der Waals surface area (Å²) in [5, 5.41) is 0. The molecule has 1 amide bonds. The number of amides is 1. The van der Waals surface area contributed by atoms with Gasteiger partial charge in [0.1, 0.15) is 15.5 Å². The molecule has 3 aromatic rings. The number of aromatic nitrogens is 2. The van der Waals surface area contributed by atoms with Crippen LogP contribution < -0.4 is 10.3 Å². The number of para-hydroxylation sites is 1. The number of benzene rings is 1. The lowest BCUT2D eigenvalue weighted by molar-refractivity contribution is -0.122. The van der Waals surface area contributed by atoms with Crippen LogP contribution in [0, 0.1) is 12.7 Å². The first-order valence-electron chi connectivity index (χ1n) is 14.1. The minimum absolute atomic E-state index is 0.0597. The number of hydrogen-bond acceptors (Lipinski definition) is 6. The Labute approximate surface area is 244 Å². The van der Waals surface area contributed by atoms with Crippen molar-refractivity contribution in [3.05, 3.63) is 74.8 Å². The average molecular weight is 582 g/mol. The van der Waals surface area contributed by atoms with E-state index in [1.54, 1.807) is 29.3 Å². The van der Waals surface area contributed by atoms with Crippen LogP contribution in [0.4, 0.5) is 4.39 Å². The Morgan fingerprint density at radius 3 is 2.35 bits per heavy atom. The molecule has 212 valence electrons. The maximum Gasteiger partial charge on any atom is 0.269 e. The fourth-order valence-electron chi connectivity index (χ4n) is 4.71. The van der Waals surface area contributed by atoms with Crippen molar-refractivity contribution < 1.29 is 13.9 Å². The summed E-state index contributed by atoms with van der Waals surface area (Å²) in [5.74, 6) is -0.945. The quantitative estimate of drug-likeness (QED) is 0.109. The van der Waals surface area contributed by atoms with Crippen LogP contribution in [0.2, 0.25) is 0 Å². The maximum atomic E-state index is 14.4. The molecule has 4 rings (SSSR count). The second-order valence-electron chi connectivity index (χ2n) is 10.1. The third-order valence-electron chi connectivity index (χ3n) is 6.98. The van der Waals surface area contributed by atoms with Crippen LogP contribution in [0.5, 0.6) is 11.6 Å². The van der Waals surface area contributed by atoms with Crippen LogP contribution in [0.1, 0.15) is 82.3 Å². The molecule has 3 heterocycles. The molecular weight excluding hydrogens is 545 g/mol. The zero-order valence-corrected chi connectivity index (χ0v) is 24.8. The molecular formula is C31H36FN3O3S2. The first kappa shape index (κ1) is 29.9. The standard InChI is InChI=1S/C31H36FN3O3S2/c1-3-4-5-6-7-8-9-10-11-14-19-35-30(37)26(40-31(35)39)21-23-28(38-25-18-13-12-17-24(25)32)33-27-22(2)16-15-20-34(27)29(23)36/h12-13,15-18,20-21H,3-11,14,19H2,1-2H3/b26-21+. The van der Waals surface area contributed by atoms with Crippen molar-refractivity contribution in [2.24, 2.45) is 0 Å². The summed E-state index contributed by atoms with van der Waals surface area (Å²) >= 11 is 6.67. The van der Waals surface area contributed by atoms with E-state index < -0.39 is 11.4 Å². The molecule has 0 atom stereocenters. The van der Waals surface area contributed by atoms with Crippen LogP contribution in [-0.2, 0) is 4.79 Å². The molecule has 0 saturated carbocycles. The van der Waals surface area contributed by atoms with E-state index in [0.29, 0.717) is 21.4 Å². The van der Waals surface area contributed by atoms with Gasteiger partial charge in [0.25, 0.3) is 11.5 Å². The van der Waals surface area contributed by atoms with Gasteiger partial charge in [-0.3, -0.25) is 18.9 Å². The molecule has 0 spiro atoms. The number of nitrogens with zero attached hydrogens (tertiary/aromatic N) is 3. The SMILES string of the molecule is CCCCCCCCCCCCN1C(=O)/C(=C\c2c(Oc3ccccc3F)nc3c(C)cccn3c2=O)SC1=S. The van der Waals surface area contributed by atoms with Crippen LogP contribution in [0.3, 0.4) is 0 Å². The van der Waals surface area contributed by atoms with Crippen LogP contribution in [0.15, 0.2) is 52.3 Å². The molecule has 1 aliphatic rings. The molecule has 9 heteroatoms. The van der Waals surface area contributed by atoms with Crippen molar-refractivity contribution in [3.63, 3.8) is 0 Å². The van der Waals surface area contributed by atoms with Crippen molar-refractivity contribution in [1.82, 2.24) is 14.3 Å². The van der Waals surface area contributed by atoms with Crippen molar-refractivity contribution in [1.29, 1.82) is 0 Å². The summed E-state index contributed by atoms with van der Waals surface area (Å²) in [6.45, 7) is 4.61. The molecule has 0 aliphatic carbocycles. The van der Waals surface area contributed by atoms with E-state index in [2.05, 4.69) is 11.9 Å². The molecule has 0 radical (unpaired) electrons. The highest BCUT2D eigenvalue weighted by Crippen LogP contribution is 2.34. The monoisotopic (exact) mass is 581 g/mol. The normalized spacial score (nSPS) is 14.6. The van der Waals surface area contributed by atoms with Gasteiger partial charge in [-0.05, 0) is 43.2 Å². The maximum absolute atomic E-state index is 14.4. The number of fused-ring (bicyclic) bond motifs is 1. The Balaban J connectivity index is 1.48. The number of ether oxygens (including phenoxy) is 1. The van der Waals surface area contributed by atoms with E-state index in [9.17, 15) is 14.0 Å². The molecule has 6 nitrogen and oxygen atoms in total. The van der Waals surface area contributed by atoms with E-state index >= 15 is 0 Å². The number of halogens is 1. The Hall–Kier alpha value is -3.04. The highest BCUT2D eigenvalue weighted by Gasteiger charge is 2.32. The van der Waals surface area contributed by atoms with Gasteiger partial charge in [0.15, 0.2) is 11.6 Å². The number of pyridine rings is 1. The summed E-state index contributed by atoms with van der Waals surface area (Å²) in [7, 11) is 0. The van der Waals surface area contributed by atoms with Gasteiger partial charge in [0.2, 0.25) is 5.88 Å². The molecule has 40 heavy (non-hydrogen) atoms. The molecule has 0 bridgehead atoms. The van der Waals surface area contributed by atoms with E-state index in [-0.39, 0.29) is 23.1 Å². The highest BCUT2D eigenvalue weighted by atomic mass is 32.2. The van der Waals surface area contributed by atoms with Gasteiger partial charge in [-0.1, -0.05) is 107 Å².